The molecule has 0 aromatic heterocycles. The second-order valence-corrected chi connectivity index (χ2v) is 20.1. The van der Waals surface area contributed by atoms with E-state index in [2.05, 4.69) is 128 Å². The number of carbonyl (C=O) groups is 2. The van der Waals surface area contributed by atoms with Gasteiger partial charge in [-0.25, -0.2) is 4.79 Å². The highest BCUT2D eigenvalue weighted by Crippen LogP contribution is 2.45. The second kappa shape index (κ2) is 13.8. The summed E-state index contributed by atoms with van der Waals surface area (Å²) in [4.78, 5) is 34.2. The Balaban J connectivity index is 2.19. The van der Waals surface area contributed by atoms with Gasteiger partial charge in [0.1, 0.15) is 11.9 Å². The lowest BCUT2D eigenvalue weighted by atomic mass is 9.74. The lowest BCUT2D eigenvalue weighted by molar-refractivity contribution is -0.197. The summed E-state index contributed by atoms with van der Waals surface area (Å²) in [7, 11) is 4.26. The Morgan fingerprint density at radius 3 is 1.57 bits per heavy atom. The van der Waals surface area contributed by atoms with E-state index in [9.17, 15) is 14.7 Å². The summed E-state index contributed by atoms with van der Waals surface area (Å²) in [5, 5.41) is 11.5. The zero-order valence-electron chi connectivity index (χ0n) is 34.4. The Morgan fingerprint density at radius 2 is 1.18 bits per heavy atom. The third-order valence-corrected chi connectivity index (χ3v) is 12.1. The van der Waals surface area contributed by atoms with Crippen LogP contribution in [0.2, 0.25) is 0 Å². The van der Waals surface area contributed by atoms with E-state index >= 15 is 0 Å². The number of nitrogens with zero attached hydrogens (tertiary/aromatic N) is 2. The zero-order valence-corrected chi connectivity index (χ0v) is 34.4. The fraction of sp³-hybridized carbons (Fsp3) is 0.810. The van der Waals surface area contributed by atoms with Crippen LogP contribution in [0.25, 0.3) is 0 Å². The van der Waals surface area contributed by atoms with Gasteiger partial charge < -0.3 is 14.6 Å². The van der Waals surface area contributed by atoms with Crippen molar-refractivity contribution in [3.05, 3.63) is 28.8 Å². The van der Waals surface area contributed by atoms with Crippen LogP contribution in [0, 0.1) is 5.92 Å². The number of piperidine rings is 2. The number of rotatable bonds is 9. The molecule has 0 aliphatic carbocycles. The Hall–Kier alpha value is -2.12. The van der Waals surface area contributed by atoms with Crippen molar-refractivity contribution in [3.63, 3.8) is 0 Å². The quantitative estimate of drug-likeness (QED) is 0.260. The SMILES string of the molecule is CCCCC(Cc1cc(C(C)(C)C)c(O)c(C(C)(C)C)c1)(OC(=O)C1CC(C)(C)N(C)C(C)(C)C1)C(=O)OC1CC(C)(C)N(C)C(C)(C)C1. The first-order chi connectivity index (χ1) is 22.0. The van der Waals surface area contributed by atoms with Crippen LogP contribution in [-0.4, -0.2) is 74.8 Å². The second-order valence-electron chi connectivity index (χ2n) is 20.1. The molecule has 49 heavy (non-hydrogen) atoms. The number of carbonyl (C=O) groups excluding carboxylic acids is 2. The fourth-order valence-electron chi connectivity index (χ4n) is 8.56. The van der Waals surface area contributed by atoms with E-state index in [4.69, 9.17) is 9.47 Å². The van der Waals surface area contributed by atoms with Crippen LogP contribution in [0.5, 0.6) is 5.75 Å². The number of phenols is 1. The molecule has 1 aromatic rings. The van der Waals surface area contributed by atoms with Crippen molar-refractivity contribution in [2.24, 2.45) is 5.92 Å². The van der Waals surface area contributed by atoms with E-state index in [1.54, 1.807) is 0 Å². The van der Waals surface area contributed by atoms with Gasteiger partial charge in [-0.1, -0.05) is 67.0 Å². The van der Waals surface area contributed by atoms with E-state index in [-0.39, 0.29) is 63.1 Å². The van der Waals surface area contributed by atoms with Gasteiger partial charge in [0, 0.05) is 41.4 Å². The van der Waals surface area contributed by atoms with Crippen LogP contribution in [-0.2, 0) is 36.3 Å². The molecule has 1 unspecified atom stereocenters. The largest absolute Gasteiger partial charge is 0.507 e. The van der Waals surface area contributed by atoms with Crippen molar-refractivity contribution in [2.45, 2.75) is 200 Å². The van der Waals surface area contributed by atoms with Gasteiger partial charge >= 0.3 is 11.9 Å². The third kappa shape index (κ3) is 9.04. The maximum atomic E-state index is 14.9. The molecule has 1 N–H and O–H groups in total. The Bertz CT molecular complexity index is 1290. The molecule has 280 valence electrons. The minimum absolute atomic E-state index is 0.180. The highest BCUT2D eigenvalue weighted by molar-refractivity contribution is 5.85. The molecular weight excluding hydrogens is 612 g/mol. The average molecular weight is 685 g/mol. The molecule has 0 saturated carbocycles. The summed E-state index contributed by atoms with van der Waals surface area (Å²) >= 11 is 0. The molecule has 2 aliphatic rings. The Kier molecular flexibility index (Phi) is 11.6. The average Bonchev–Trinajstić information content (AvgIpc) is 2.92. The van der Waals surface area contributed by atoms with Crippen LogP contribution in [0.15, 0.2) is 12.1 Å². The fourth-order valence-corrected chi connectivity index (χ4v) is 8.56. The number of aromatic hydroxyl groups is 1. The summed E-state index contributed by atoms with van der Waals surface area (Å²) in [6, 6.07) is 4.02. The van der Waals surface area contributed by atoms with E-state index in [0.29, 0.717) is 38.5 Å². The van der Waals surface area contributed by atoms with Gasteiger partial charge in [0.15, 0.2) is 0 Å². The monoisotopic (exact) mass is 685 g/mol. The molecule has 1 aromatic carbocycles. The minimum Gasteiger partial charge on any atom is -0.507 e. The molecule has 2 fully saturated rings. The maximum absolute atomic E-state index is 14.9. The van der Waals surface area contributed by atoms with Gasteiger partial charge in [0.2, 0.25) is 5.60 Å². The van der Waals surface area contributed by atoms with Crippen LogP contribution >= 0.6 is 0 Å². The number of phenolic OH excluding ortho intramolecular Hbond substituents is 1. The number of hydrogen-bond acceptors (Lipinski definition) is 7. The molecule has 1 atom stereocenters. The molecule has 2 heterocycles. The molecule has 7 heteroatoms. The number of esters is 2. The molecule has 0 amide bonds. The first-order valence-corrected chi connectivity index (χ1v) is 18.8. The van der Waals surface area contributed by atoms with Crippen molar-refractivity contribution < 1.29 is 24.2 Å². The van der Waals surface area contributed by atoms with Crippen molar-refractivity contribution in [3.8, 4) is 5.75 Å². The Labute approximate surface area is 299 Å². The van der Waals surface area contributed by atoms with Gasteiger partial charge in [-0.2, -0.15) is 0 Å². The van der Waals surface area contributed by atoms with Gasteiger partial charge in [0.25, 0.3) is 0 Å². The van der Waals surface area contributed by atoms with Gasteiger partial charge in [-0.15, -0.1) is 0 Å². The normalized spacial score (nSPS) is 23.1. The summed E-state index contributed by atoms with van der Waals surface area (Å²) in [6.45, 7) is 32.1. The van der Waals surface area contributed by atoms with Crippen LogP contribution in [0.1, 0.15) is 165 Å². The lowest BCUT2D eigenvalue weighted by Crippen LogP contribution is -2.61. The number of hydrogen-bond donors (Lipinski definition) is 1. The van der Waals surface area contributed by atoms with E-state index < -0.39 is 11.6 Å². The third-order valence-electron chi connectivity index (χ3n) is 12.1. The first kappa shape index (κ1) is 41.3. The minimum atomic E-state index is -1.51. The lowest BCUT2D eigenvalue weighted by Gasteiger charge is -2.53. The molecule has 7 nitrogen and oxygen atoms in total. The topological polar surface area (TPSA) is 79.3 Å². The summed E-state index contributed by atoms with van der Waals surface area (Å²) < 4.78 is 13.3. The van der Waals surface area contributed by atoms with E-state index in [0.717, 1.165) is 23.1 Å². The molecule has 2 aliphatic heterocycles. The van der Waals surface area contributed by atoms with Crippen LogP contribution < -0.4 is 0 Å². The highest BCUT2D eigenvalue weighted by Gasteiger charge is 2.52. The van der Waals surface area contributed by atoms with Crippen molar-refractivity contribution in [2.75, 3.05) is 14.1 Å². The predicted octanol–water partition coefficient (Wildman–Crippen LogP) is 9.10. The highest BCUT2D eigenvalue weighted by atomic mass is 16.6. The zero-order chi connectivity index (χ0) is 37.8. The number of unbranched alkanes of at least 4 members (excludes halogenated alkanes) is 1. The standard InChI is InChI=1S/C42H72N2O5/c1-18-19-20-42(35(47)48-30-26-40(12,13)44(17)41(14,15)27-30,49-34(46)29-24-38(8,9)43(16)39(10,11)25-29)23-28-21-31(36(2,3)4)33(45)32(22-28)37(5,6)7/h21-22,29-30,45H,18-20,23-27H2,1-17H3. The summed E-state index contributed by atoms with van der Waals surface area (Å²) in [5.74, 6) is -0.845. The van der Waals surface area contributed by atoms with Crippen LogP contribution in [0.3, 0.4) is 0 Å². The number of benzene rings is 1. The molecule has 0 radical (unpaired) electrons. The predicted molar refractivity (Wildman–Crippen MR) is 201 cm³/mol. The molecular formula is C42H72N2O5. The maximum Gasteiger partial charge on any atom is 0.351 e. The summed E-state index contributed by atoms with van der Waals surface area (Å²) in [6.07, 6.45) is 4.44. The van der Waals surface area contributed by atoms with Gasteiger partial charge in [-0.05, 0) is 123 Å². The molecule has 3 rings (SSSR count). The van der Waals surface area contributed by atoms with Gasteiger partial charge in [0.05, 0.1) is 5.92 Å². The molecule has 0 bridgehead atoms. The van der Waals surface area contributed by atoms with Crippen molar-refractivity contribution >= 4 is 11.9 Å². The Morgan fingerprint density at radius 1 is 0.776 bits per heavy atom. The van der Waals surface area contributed by atoms with E-state index in [1.165, 1.54) is 0 Å². The number of ether oxygens (including phenoxy) is 2. The number of likely N-dealkylation sites (tertiary alicyclic amines) is 2. The van der Waals surface area contributed by atoms with Crippen LogP contribution in [0.4, 0.5) is 0 Å². The van der Waals surface area contributed by atoms with Crippen molar-refractivity contribution in [1.82, 2.24) is 9.80 Å². The summed E-state index contributed by atoms with van der Waals surface area (Å²) in [5.41, 5.74) is -0.506. The van der Waals surface area contributed by atoms with Gasteiger partial charge in [-0.3, -0.25) is 14.6 Å². The molecule has 0 spiro atoms. The first-order valence-electron chi connectivity index (χ1n) is 18.8. The smallest absolute Gasteiger partial charge is 0.351 e. The van der Waals surface area contributed by atoms with E-state index in [1.807, 2.05) is 12.1 Å². The molecule has 2 saturated heterocycles. The van der Waals surface area contributed by atoms with Crippen molar-refractivity contribution in [1.29, 1.82) is 0 Å².